The molecule has 0 radical (unpaired) electrons. The molecule has 0 spiro atoms. The van der Waals surface area contributed by atoms with Crippen LogP contribution < -0.4 is 0 Å². The van der Waals surface area contributed by atoms with Gasteiger partial charge in [0.2, 0.25) is 0 Å². The molecule has 0 saturated heterocycles. The van der Waals surface area contributed by atoms with Crippen LogP contribution in [-0.4, -0.2) is 5.75 Å². The van der Waals surface area contributed by atoms with Crippen LogP contribution in [0.1, 0.15) is 26.2 Å². The molecule has 0 saturated carbocycles. The van der Waals surface area contributed by atoms with E-state index in [0.717, 1.165) is 25.0 Å². The Balaban J connectivity index is 3.09. The highest BCUT2D eigenvalue weighted by molar-refractivity contribution is 7.80. The van der Waals surface area contributed by atoms with Gasteiger partial charge in [0.05, 0.1) is 0 Å². The molecule has 0 rings (SSSR count). The maximum absolute atomic E-state index is 4.09. The Kier molecular flexibility index (Phi) is 8.68. The summed E-state index contributed by atoms with van der Waals surface area (Å²) >= 11 is 4.09. The Hall–Kier alpha value is -0.170. The minimum Gasteiger partial charge on any atom is -0.179 e. The number of thiol groups is 1. The van der Waals surface area contributed by atoms with E-state index >= 15 is 0 Å². The van der Waals surface area contributed by atoms with Gasteiger partial charge in [0.15, 0.2) is 0 Å². The lowest BCUT2D eigenvalue weighted by Crippen LogP contribution is -1.66. The van der Waals surface area contributed by atoms with Gasteiger partial charge in [0.1, 0.15) is 0 Å². The second-order valence-electron chi connectivity index (χ2n) is 2.10. The Morgan fingerprint density at radius 3 is 2.40 bits per heavy atom. The van der Waals surface area contributed by atoms with Gasteiger partial charge in [-0.15, -0.1) is 0 Å². The smallest absolute Gasteiger partial charge is 0.00633 e. The summed E-state index contributed by atoms with van der Waals surface area (Å²) in [5.74, 6) is 0.952. The molecule has 0 heterocycles. The van der Waals surface area contributed by atoms with Gasteiger partial charge in [0, 0.05) is 0 Å². The second kappa shape index (κ2) is 8.83. The van der Waals surface area contributed by atoms with E-state index < -0.39 is 0 Å². The van der Waals surface area contributed by atoms with Crippen LogP contribution in [0.15, 0.2) is 24.3 Å². The Morgan fingerprint density at radius 2 is 1.80 bits per heavy atom. The van der Waals surface area contributed by atoms with Crippen molar-refractivity contribution in [3.05, 3.63) is 24.3 Å². The molecule has 0 unspecified atom stereocenters. The number of allylic oxidation sites excluding steroid dienone is 4. The molecule has 0 aliphatic heterocycles. The fourth-order valence-electron chi connectivity index (χ4n) is 0.630. The monoisotopic (exact) mass is 156 g/mol. The zero-order valence-electron chi connectivity index (χ0n) is 6.59. The zero-order valence-corrected chi connectivity index (χ0v) is 7.48. The first-order valence-corrected chi connectivity index (χ1v) is 4.46. The third-order valence-corrected chi connectivity index (χ3v) is 1.40. The maximum atomic E-state index is 4.09. The van der Waals surface area contributed by atoms with Crippen molar-refractivity contribution in [3.63, 3.8) is 0 Å². The van der Waals surface area contributed by atoms with E-state index in [1.165, 1.54) is 0 Å². The highest BCUT2D eigenvalue weighted by Gasteiger charge is 1.72. The lowest BCUT2D eigenvalue weighted by Gasteiger charge is -1.82. The van der Waals surface area contributed by atoms with Crippen molar-refractivity contribution >= 4 is 12.6 Å². The number of hydrogen-bond acceptors (Lipinski definition) is 1. The predicted molar refractivity (Wildman–Crippen MR) is 51.7 cm³/mol. The molecule has 0 atom stereocenters. The molecule has 58 valence electrons. The van der Waals surface area contributed by atoms with Gasteiger partial charge in [-0.1, -0.05) is 31.2 Å². The van der Waals surface area contributed by atoms with Crippen molar-refractivity contribution in [2.75, 3.05) is 5.75 Å². The quantitative estimate of drug-likeness (QED) is 0.458. The Labute approximate surface area is 69.4 Å². The van der Waals surface area contributed by atoms with Gasteiger partial charge in [-0.05, 0) is 25.0 Å². The summed E-state index contributed by atoms with van der Waals surface area (Å²) in [7, 11) is 0. The molecule has 0 nitrogen and oxygen atoms in total. The van der Waals surface area contributed by atoms with E-state index in [4.69, 9.17) is 0 Å². The van der Waals surface area contributed by atoms with E-state index in [0.29, 0.717) is 0 Å². The van der Waals surface area contributed by atoms with Crippen LogP contribution in [0.5, 0.6) is 0 Å². The third kappa shape index (κ3) is 7.83. The zero-order chi connectivity index (χ0) is 7.66. The first-order chi connectivity index (χ1) is 4.91. The van der Waals surface area contributed by atoms with E-state index in [9.17, 15) is 0 Å². The molecule has 0 amide bonds. The molecule has 0 aliphatic carbocycles. The summed E-state index contributed by atoms with van der Waals surface area (Å²) in [5.41, 5.74) is 0. The number of hydrogen-bond donors (Lipinski definition) is 1. The predicted octanol–water partition coefficient (Wildman–Crippen LogP) is 3.22. The minimum absolute atomic E-state index is 0.952. The van der Waals surface area contributed by atoms with Gasteiger partial charge in [-0.3, -0.25) is 0 Å². The van der Waals surface area contributed by atoms with Gasteiger partial charge < -0.3 is 0 Å². The van der Waals surface area contributed by atoms with E-state index in [2.05, 4.69) is 43.9 Å². The summed E-state index contributed by atoms with van der Waals surface area (Å²) in [5, 5.41) is 0. The first-order valence-electron chi connectivity index (χ1n) is 3.82. The van der Waals surface area contributed by atoms with Crippen molar-refractivity contribution in [1.29, 1.82) is 0 Å². The highest BCUT2D eigenvalue weighted by Crippen LogP contribution is 1.91. The van der Waals surface area contributed by atoms with Gasteiger partial charge in [-0.2, -0.15) is 12.6 Å². The Bertz CT molecular complexity index is 103. The summed E-state index contributed by atoms with van der Waals surface area (Å²) in [6, 6.07) is 0. The van der Waals surface area contributed by atoms with Crippen LogP contribution >= 0.6 is 12.6 Å². The molecule has 0 aromatic carbocycles. The topological polar surface area (TPSA) is 0 Å². The average molecular weight is 156 g/mol. The average Bonchev–Trinajstić information content (AvgIpc) is 1.97. The van der Waals surface area contributed by atoms with Crippen LogP contribution in [0.4, 0.5) is 0 Å². The van der Waals surface area contributed by atoms with Crippen LogP contribution in [0, 0.1) is 0 Å². The lowest BCUT2D eigenvalue weighted by atomic mass is 10.3. The van der Waals surface area contributed by atoms with Crippen molar-refractivity contribution in [2.24, 2.45) is 0 Å². The number of rotatable bonds is 5. The second-order valence-corrected chi connectivity index (χ2v) is 2.55. The highest BCUT2D eigenvalue weighted by atomic mass is 32.1. The lowest BCUT2D eigenvalue weighted by molar-refractivity contribution is 1.18. The summed E-state index contributed by atoms with van der Waals surface area (Å²) in [4.78, 5) is 0. The van der Waals surface area contributed by atoms with Crippen molar-refractivity contribution in [1.82, 2.24) is 0 Å². The molecular formula is C9H16S. The van der Waals surface area contributed by atoms with Crippen LogP contribution in [-0.2, 0) is 0 Å². The summed E-state index contributed by atoms with van der Waals surface area (Å²) < 4.78 is 0. The maximum Gasteiger partial charge on any atom is -0.00633 e. The van der Waals surface area contributed by atoms with Gasteiger partial charge >= 0.3 is 0 Å². The van der Waals surface area contributed by atoms with Crippen LogP contribution in [0.3, 0.4) is 0 Å². The summed E-state index contributed by atoms with van der Waals surface area (Å²) in [6.07, 6.45) is 12.0. The van der Waals surface area contributed by atoms with Crippen molar-refractivity contribution in [3.8, 4) is 0 Å². The molecule has 0 fully saturated rings. The largest absolute Gasteiger partial charge is 0.179 e. The molecule has 0 aliphatic rings. The molecule has 0 N–H and O–H groups in total. The van der Waals surface area contributed by atoms with Gasteiger partial charge in [0.25, 0.3) is 0 Å². The molecule has 0 aromatic rings. The standard InChI is InChI=1S/C9H16S/c1-2-3-4-5-6-7-8-9-10/h3-4,6-7,10H,2,5,8-9H2,1H3. The van der Waals surface area contributed by atoms with Gasteiger partial charge in [-0.25, -0.2) is 0 Å². The molecular weight excluding hydrogens is 140 g/mol. The Morgan fingerprint density at radius 1 is 1.10 bits per heavy atom. The van der Waals surface area contributed by atoms with Crippen LogP contribution in [0.25, 0.3) is 0 Å². The molecule has 0 bridgehead atoms. The molecule has 10 heavy (non-hydrogen) atoms. The van der Waals surface area contributed by atoms with E-state index in [1.54, 1.807) is 0 Å². The first kappa shape index (κ1) is 9.83. The minimum atomic E-state index is 0.952. The van der Waals surface area contributed by atoms with E-state index in [-0.39, 0.29) is 0 Å². The normalized spacial score (nSPS) is 11.8. The van der Waals surface area contributed by atoms with Crippen molar-refractivity contribution < 1.29 is 0 Å². The van der Waals surface area contributed by atoms with Crippen molar-refractivity contribution in [2.45, 2.75) is 26.2 Å². The fraction of sp³-hybridized carbons (Fsp3) is 0.556. The SMILES string of the molecule is CCC=CCC=CCCS. The summed E-state index contributed by atoms with van der Waals surface area (Å²) in [6.45, 7) is 2.15. The fourth-order valence-corrected chi connectivity index (χ4v) is 0.779. The van der Waals surface area contributed by atoms with E-state index in [1.807, 2.05) is 0 Å². The molecule has 0 aromatic heterocycles. The third-order valence-electron chi connectivity index (χ3n) is 1.14. The molecule has 1 heteroatoms. The van der Waals surface area contributed by atoms with Crippen LogP contribution in [0.2, 0.25) is 0 Å².